The third-order valence-electron chi connectivity index (χ3n) is 3.85. The number of carbonyl (C=O) groups is 2. The van der Waals surface area contributed by atoms with Crippen LogP contribution in [0.1, 0.15) is 31.2 Å². The van der Waals surface area contributed by atoms with Gasteiger partial charge in [0.1, 0.15) is 0 Å². The summed E-state index contributed by atoms with van der Waals surface area (Å²) in [5, 5.41) is 12.1. The second-order valence-corrected chi connectivity index (χ2v) is 6.14. The van der Waals surface area contributed by atoms with Gasteiger partial charge in [-0.15, -0.1) is 0 Å². The molecule has 108 valence electrons. The van der Waals surface area contributed by atoms with Crippen LogP contribution in [0.25, 0.3) is 0 Å². The van der Waals surface area contributed by atoms with E-state index in [-0.39, 0.29) is 5.91 Å². The van der Waals surface area contributed by atoms with E-state index in [2.05, 4.69) is 21.2 Å². The summed E-state index contributed by atoms with van der Waals surface area (Å²) in [6.45, 7) is 1.94. The van der Waals surface area contributed by atoms with Crippen LogP contribution < -0.4 is 5.32 Å². The van der Waals surface area contributed by atoms with Gasteiger partial charge < -0.3 is 10.4 Å². The lowest BCUT2D eigenvalue weighted by molar-refractivity contribution is -0.147. The number of hydrogen-bond acceptors (Lipinski definition) is 2. The molecular formula is C15H18BrNO3. The smallest absolute Gasteiger partial charge is 0.307 e. The van der Waals surface area contributed by atoms with E-state index in [4.69, 9.17) is 0 Å². The predicted octanol–water partition coefficient (Wildman–Crippen LogP) is 3.59. The molecule has 5 heteroatoms. The van der Waals surface area contributed by atoms with Crippen molar-refractivity contribution in [2.75, 3.05) is 5.32 Å². The van der Waals surface area contributed by atoms with Crippen molar-refractivity contribution in [1.29, 1.82) is 0 Å². The van der Waals surface area contributed by atoms with Crippen LogP contribution in [-0.2, 0) is 9.59 Å². The summed E-state index contributed by atoms with van der Waals surface area (Å²) >= 11 is 3.41. The number of aryl methyl sites for hydroxylation is 1. The molecule has 0 heterocycles. The molecule has 2 N–H and O–H groups in total. The average Bonchev–Trinajstić information content (AvgIpc) is 2.43. The molecule has 0 radical (unpaired) electrons. The second-order valence-electron chi connectivity index (χ2n) is 5.29. The lowest BCUT2D eigenvalue weighted by Crippen LogP contribution is -2.36. The molecule has 4 nitrogen and oxygen atoms in total. The molecule has 1 fully saturated rings. The summed E-state index contributed by atoms with van der Waals surface area (Å²) in [4.78, 5) is 23.5. The fourth-order valence-corrected chi connectivity index (χ4v) is 2.94. The van der Waals surface area contributed by atoms with Crippen molar-refractivity contribution in [2.45, 2.75) is 32.6 Å². The maximum Gasteiger partial charge on any atom is 0.307 e. The number of carbonyl (C=O) groups excluding carboxylic acids is 1. The lowest BCUT2D eigenvalue weighted by Gasteiger charge is -2.27. The average molecular weight is 340 g/mol. The van der Waals surface area contributed by atoms with E-state index in [1.807, 2.05) is 25.1 Å². The zero-order chi connectivity index (χ0) is 14.7. The molecule has 2 rings (SSSR count). The first-order chi connectivity index (χ1) is 9.49. The van der Waals surface area contributed by atoms with Crippen molar-refractivity contribution in [1.82, 2.24) is 0 Å². The lowest BCUT2D eigenvalue weighted by atomic mass is 9.78. The fourth-order valence-electron chi connectivity index (χ4n) is 2.70. The number of rotatable bonds is 3. The van der Waals surface area contributed by atoms with Crippen LogP contribution >= 0.6 is 15.9 Å². The molecule has 0 spiro atoms. The first-order valence-corrected chi connectivity index (χ1v) is 7.58. The third-order valence-corrected chi connectivity index (χ3v) is 4.74. The number of halogens is 1. The molecule has 0 saturated heterocycles. The number of carboxylic acid groups (broad SMARTS) is 1. The molecule has 0 unspecified atom stereocenters. The van der Waals surface area contributed by atoms with E-state index in [0.29, 0.717) is 18.5 Å². The summed E-state index contributed by atoms with van der Waals surface area (Å²) in [7, 11) is 0. The van der Waals surface area contributed by atoms with Crippen LogP contribution in [-0.4, -0.2) is 17.0 Å². The van der Waals surface area contributed by atoms with Crippen LogP contribution in [0.2, 0.25) is 0 Å². The second kappa shape index (κ2) is 6.39. The molecule has 1 aromatic rings. The number of nitrogens with one attached hydrogen (secondary N) is 1. The molecule has 1 saturated carbocycles. The van der Waals surface area contributed by atoms with Gasteiger partial charge in [-0.2, -0.15) is 0 Å². The molecule has 2 atom stereocenters. The normalized spacial score (nSPS) is 22.3. The van der Waals surface area contributed by atoms with Gasteiger partial charge in [0.25, 0.3) is 0 Å². The Morgan fingerprint density at radius 1 is 1.25 bits per heavy atom. The number of hydrogen-bond donors (Lipinski definition) is 2. The number of anilines is 1. The maximum absolute atomic E-state index is 12.3. The Morgan fingerprint density at radius 2 is 1.90 bits per heavy atom. The molecule has 1 aliphatic rings. The Balaban J connectivity index is 2.09. The molecule has 20 heavy (non-hydrogen) atoms. The molecule has 1 aliphatic carbocycles. The SMILES string of the molecule is Cc1cc(NC(=O)[C@@H]2CCCC[C@@H]2C(=O)O)ccc1Br. The van der Waals surface area contributed by atoms with Gasteiger partial charge in [0.15, 0.2) is 0 Å². The zero-order valence-electron chi connectivity index (χ0n) is 11.4. The van der Waals surface area contributed by atoms with Gasteiger partial charge in [-0.1, -0.05) is 28.8 Å². The van der Waals surface area contributed by atoms with Crippen LogP contribution in [0.4, 0.5) is 5.69 Å². The van der Waals surface area contributed by atoms with E-state index in [9.17, 15) is 14.7 Å². The van der Waals surface area contributed by atoms with Crippen molar-refractivity contribution in [2.24, 2.45) is 11.8 Å². The topological polar surface area (TPSA) is 66.4 Å². The number of carboxylic acids is 1. The molecular weight excluding hydrogens is 322 g/mol. The minimum Gasteiger partial charge on any atom is -0.481 e. The first-order valence-electron chi connectivity index (χ1n) is 6.79. The van der Waals surface area contributed by atoms with Crippen LogP contribution in [0.15, 0.2) is 22.7 Å². The van der Waals surface area contributed by atoms with E-state index in [1.165, 1.54) is 0 Å². The summed E-state index contributed by atoms with van der Waals surface area (Å²) in [6, 6.07) is 5.56. The first kappa shape index (κ1) is 15.0. The van der Waals surface area contributed by atoms with Gasteiger partial charge in [-0.25, -0.2) is 0 Å². The number of aliphatic carboxylic acids is 1. The summed E-state index contributed by atoms with van der Waals surface area (Å²) in [6.07, 6.45) is 3.05. The summed E-state index contributed by atoms with van der Waals surface area (Å²) < 4.78 is 0.983. The highest BCUT2D eigenvalue weighted by Crippen LogP contribution is 2.31. The Labute approximate surface area is 126 Å². The van der Waals surface area contributed by atoms with E-state index >= 15 is 0 Å². The summed E-state index contributed by atoms with van der Waals surface area (Å²) in [5.74, 6) is -2.03. The van der Waals surface area contributed by atoms with Gasteiger partial charge in [-0.05, 0) is 43.5 Å². The fraction of sp³-hybridized carbons (Fsp3) is 0.467. The van der Waals surface area contributed by atoms with E-state index < -0.39 is 17.8 Å². The third kappa shape index (κ3) is 3.39. The quantitative estimate of drug-likeness (QED) is 0.884. The van der Waals surface area contributed by atoms with E-state index in [1.54, 1.807) is 0 Å². The van der Waals surface area contributed by atoms with Crippen molar-refractivity contribution in [3.63, 3.8) is 0 Å². The maximum atomic E-state index is 12.3. The van der Waals surface area contributed by atoms with Crippen molar-refractivity contribution in [3.8, 4) is 0 Å². The van der Waals surface area contributed by atoms with Gasteiger partial charge in [0.05, 0.1) is 11.8 Å². The molecule has 0 aromatic heterocycles. The predicted molar refractivity (Wildman–Crippen MR) is 80.6 cm³/mol. The van der Waals surface area contributed by atoms with Crippen molar-refractivity contribution >= 4 is 33.5 Å². The van der Waals surface area contributed by atoms with Crippen molar-refractivity contribution in [3.05, 3.63) is 28.2 Å². The highest BCUT2D eigenvalue weighted by molar-refractivity contribution is 9.10. The molecule has 0 bridgehead atoms. The highest BCUT2D eigenvalue weighted by Gasteiger charge is 2.35. The monoisotopic (exact) mass is 339 g/mol. The van der Waals surface area contributed by atoms with Crippen LogP contribution in [0, 0.1) is 18.8 Å². The Bertz CT molecular complexity index is 530. The van der Waals surface area contributed by atoms with Gasteiger partial charge in [0.2, 0.25) is 5.91 Å². The number of benzene rings is 1. The van der Waals surface area contributed by atoms with Gasteiger partial charge >= 0.3 is 5.97 Å². The Morgan fingerprint density at radius 3 is 2.50 bits per heavy atom. The molecule has 1 aromatic carbocycles. The van der Waals surface area contributed by atoms with Gasteiger partial charge in [-0.3, -0.25) is 9.59 Å². The standard InChI is InChI=1S/C15H18BrNO3/c1-9-8-10(6-7-13(9)16)17-14(18)11-4-2-3-5-12(11)15(19)20/h6-8,11-12H,2-5H2,1H3,(H,17,18)(H,19,20)/t11-,12+/m1/s1. The highest BCUT2D eigenvalue weighted by atomic mass is 79.9. The Hall–Kier alpha value is -1.36. The molecule has 1 amide bonds. The minimum absolute atomic E-state index is 0.182. The zero-order valence-corrected chi connectivity index (χ0v) is 12.9. The van der Waals surface area contributed by atoms with Crippen LogP contribution in [0.3, 0.4) is 0 Å². The van der Waals surface area contributed by atoms with Gasteiger partial charge in [0, 0.05) is 10.2 Å². The van der Waals surface area contributed by atoms with Crippen molar-refractivity contribution < 1.29 is 14.7 Å². The number of amides is 1. The minimum atomic E-state index is -0.864. The van der Waals surface area contributed by atoms with E-state index in [0.717, 1.165) is 22.9 Å². The van der Waals surface area contributed by atoms with Crippen LogP contribution in [0.5, 0.6) is 0 Å². The molecule has 0 aliphatic heterocycles. The summed E-state index contributed by atoms with van der Waals surface area (Å²) in [5.41, 5.74) is 1.74. The largest absolute Gasteiger partial charge is 0.481 e. The Kier molecular flexibility index (Phi) is 4.81.